The van der Waals surface area contributed by atoms with Crippen LogP contribution in [-0.4, -0.2) is 35.5 Å². The predicted octanol–water partition coefficient (Wildman–Crippen LogP) is 4.93. The van der Waals surface area contributed by atoms with E-state index in [9.17, 15) is 4.79 Å². The number of pyridine rings is 1. The van der Waals surface area contributed by atoms with Crippen molar-refractivity contribution in [2.75, 3.05) is 25.0 Å². The SMILES string of the molecule is O=C(NCC(c1ccco1)N1CCCC1)Nc1ccc(SCc2cccnc2)cc1. The monoisotopic (exact) mass is 422 g/mol. The zero-order valence-corrected chi connectivity index (χ0v) is 17.6. The van der Waals surface area contributed by atoms with Crippen LogP contribution in [0.1, 0.15) is 30.2 Å². The van der Waals surface area contributed by atoms with Gasteiger partial charge in [-0.2, -0.15) is 0 Å². The highest BCUT2D eigenvalue weighted by molar-refractivity contribution is 7.98. The van der Waals surface area contributed by atoms with Gasteiger partial charge in [-0.15, -0.1) is 11.8 Å². The number of furan rings is 1. The van der Waals surface area contributed by atoms with E-state index in [2.05, 4.69) is 26.6 Å². The van der Waals surface area contributed by atoms with Gasteiger partial charge in [-0.25, -0.2) is 4.79 Å². The van der Waals surface area contributed by atoms with Crippen molar-refractivity contribution >= 4 is 23.5 Å². The Morgan fingerprint density at radius 3 is 2.67 bits per heavy atom. The summed E-state index contributed by atoms with van der Waals surface area (Å²) in [5, 5.41) is 5.91. The van der Waals surface area contributed by atoms with Crippen molar-refractivity contribution in [2.24, 2.45) is 0 Å². The summed E-state index contributed by atoms with van der Waals surface area (Å²) in [7, 11) is 0. The molecule has 156 valence electrons. The molecule has 1 saturated heterocycles. The van der Waals surface area contributed by atoms with Crippen molar-refractivity contribution in [1.82, 2.24) is 15.2 Å². The standard InChI is InChI=1S/C23H26N4O2S/c28-23(25-16-21(22-6-4-14-29-22)27-12-1-2-13-27)26-19-7-9-20(10-8-19)30-17-18-5-3-11-24-15-18/h3-11,14-15,21H,1-2,12-13,16-17H2,(H2,25,26,28). The average Bonchev–Trinajstić information content (AvgIpc) is 3.49. The molecule has 2 N–H and O–H groups in total. The molecule has 1 aliphatic heterocycles. The predicted molar refractivity (Wildman–Crippen MR) is 120 cm³/mol. The summed E-state index contributed by atoms with van der Waals surface area (Å²) in [6, 6.07) is 15.6. The second kappa shape index (κ2) is 10.3. The van der Waals surface area contributed by atoms with Gasteiger partial charge in [-0.05, 0) is 74.0 Å². The second-order valence-electron chi connectivity index (χ2n) is 7.28. The quantitative estimate of drug-likeness (QED) is 0.504. The van der Waals surface area contributed by atoms with Crippen LogP contribution in [0.15, 0.2) is 76.5 Å². The lowest BCUT2D eigenvalue weighted by Crippen LogP contribution is -2.38. The van der Waals surface area contributed by atoms with Gasteiger partial charge in [0.2, 0.25) is 0 Å². The van der Waals surface area contributed by atoms with Crippen LogP contribution in [0.3, 0.4) is 0 Å². The van der Waals surface area contributed by atoms with E-state index < -0.39 is 0 Å². The van der Waals surface area contributed by atoms with Crippen LogP contribution in [-0.2, 0) is 5.75 Å². The highest BCUT2D eigenvalue weighted by atomic mass is 32.2. The first-order chi connectivity index (χ1) is 14.8. The van der Waals surface area contributed by atoms with Crippen LogP contribution in [0.25, 0.3) is 0 Å². The van der Waals surface area contributed by atoms with Crippen molar-refractivity contribution in [2.45, 2.75) is 29.5 Å². The normalized spacial score (nSPS) is 15.1. The topological polar surface area (TPSA) is 70.4 Å². The first-order valence-electron chi connectivity index (χ1n) is 10.2. The third-order valence-corrected chi connectivity index (χ3v) is 6.23. The van der Waals surface area contributed by atoms with Crippen molar-refractivity contribution in [3.05, 3.63) is 78.5 Å². The summed E-state index contributed by atoms with van der Waals surface area (Å²) < 4.78 is 5.61. The molecule has 0 saturated carbocycles. The number of nitrogens with zero attached hydrogens (tertiary/aromatic N) is 2. The van der Waals surface area contributed by atoms with Gasteiger partial charge >= 0.3 is 6.03 Å². The molecule has 3 heterocycles. The molecule has 1 atom stereocenters. The van der Waals surface area contributed by atoms with Crippen LogP contribution in [0.5, 0.6) is 0 Å². The maximum absolute atomic E-state index is 12.4. The zero-order valence-electron chi connectivity index (χ0n) is 16.8. The second-order valence-corrected chi connectivity index (χ2v) is 8.33. The Bertz CT molecular complexity index is 910. The van der Waals surface area contributed by atoms with Crippen molar-refractivity contribution in [3.63, 3.8) is 0 Å². The summed E-state index contributed by atoms with van der Waals surface area (Å²) in [6.07, 6.45) is 7.72. The minimum Gasteiger partial charge on any atom is -0.468 e. The molecule has 7 heteroatoms. The molecular weight excluding hydrogens is 396 g/mol. The number of hydrogen-bond acceptors (Lipinski definition) is 5. The lowest BCUT2D eigenvalue weighted by molar-refractivity contribution is 0.207. The summed E-state index contributed by atoms with van der Waals surface area (Å²) in [4.78, 5) is 20.1. The number of rotatable bonds is 8. The first kappa shape index (κ1) is 20.5. The van der Waals surface area contributed by atoms with E-state index in [4.69, 9.17) is 4.42 Å². The fraction of sp³-hybridized carbons (Fsp3) is 0.304. The Morgan fingerprint density at radius 2 is 1.97 bits per heavy atom. The van der Waals surface area contributed by atoms with Crippen LogP contribution in [0, 0.1) is 0 Å². The fourth-order valence-electron chi connectivity index (χ4n) is 3.59. The molecule has 1 fully saturated rings. The Morgan fingerprint density at radius 1 is 1.13 bits per heavy atom. The first-order valence-corrected chi connectivity index (χ1v) is 11.2. The summed E-state index contributed by atoms with van der Waals surface area (Å²) in [5.74, 6) is 1.76. The molecule has 1 unspecified atom stereocenters. The third kappa shape index (κ3) is 5.64. The minimum atomic E-state index is -0.207. The lowest BCUT2D eigenvalue weighted by atomic mass is 10.2. The molecule has 30 heavy (non-hydrogen) atoms. The van der Waals surface area contributed by atoms with Gasteiger partial charge in [0.25, 0.3) is 0 Å². The van der Waals surface area contributed by atoms with Crippen molar-refractivity contribution < 1.29 is 9.21 Å². The number of urea groups is 1. The number of carbonyl (C=O) groups is 1. The Labute approximate surface area is 181 Å². The molecule has 2 aromatic heterocycles. The van der Waals surface area contributed by atoms with Crippen molar-refractivity contribution in [3.8, 4) is 0 Å². The van der Waals surface area contributed by atoms with E-state index in [1.807, 2.05) is 48.7 Å². The van der Waals surface area contributed by atoms with Crippen LogP contribution in [0.4, 0.5) is 10.5 Å². The molecule has 6 nitrogen and oxygen atoms in total. The number of amides is 2. The molecule has 2 amide bonds. The van der Waals surface area contributed by atoms with Gasteiger partial charge in [0.15, 0.2) is 0 Å². The minimum absolute atomic E-state index is 0.0690. The fourth-order valence-corrected chi connectivity index (χ4v) is 4.43. The average molecular weight is 423 g/mol. The Balaban J connectivity index is 1.27. The molecule has 0 radical (unpaired) electrons. The van der Waals surface area contributed by atoms with Gasteiger partial charge in [0, 0.05) is 35.3 Å². The summed E-state index contributed by atoms with van der Waals surface area (Å²) in [6.45, 7) is 2.58. The lowest BCUT2D eigenvalue weighted by Gasteiger charge is -2.26. The van der Waals surface area contributed by atoms with E-state index in [0.29, 0.717) is 6.54 Å². The molecular formula is C23H26N4O2S. The van der Waals surface area contributed by atoms with Crippen molar-refractivity contribution in [1.29, 1.82) is 0 Å². The molecule has 4 rings (SSSR count). The number of hydrogen-bond donors (Lipinski definition) is 2. The number of anilines is 1. The number of likely N-dealkylation sites (tertiary alicyclic amines) is 1. The van der Waals surface area contributed by atoms with Gasteiger partial charge in [-0.1, -0.05) is 6.07 Å². The Kier molecular flexibility index (Phi) is 7.05. The Hall–Kier alpha value is -2.77. The number of nitrogens with one attached hydrogen (secondary N) is 2. The van der Waals surface area contributed by atoms with E-state index in [1.54, 1.807) is 24.2 Å². The number of benzene rings is 1. The van der Waals surface area contributed by atoms with Crippen LogP contribution >= 0.6 is 11.8 Å². The summed E-state index contributed by atoms with van der Waals surface area (Å²) in [5.41, 5.74) is 1.96. The highest BCUT2D eigenvalue weighted by Gasteiger charge is 2.25. The number of thioether (sulfide) groups is 1. The molecule has 1 aromatic carbocycles. The van der Waals surface area contributed by atoms with E-state index in [1.165, 1.54) is 18.4 Å². The highest BCUT2D eigenvalue weighted by Crippen LogP contribution is 2.25. The number of aromatic nitrogens is 1. The maximum atomic E-state index is 12.4. The third-order valence-electron chi connectivity index (χ3n) is 5.15. The molecule has 0 aliphatic carbocycles. The molecule has 1 aliphatic rings. The van der Waals surface area contributed by atoms with Gasteiger partial charge in [-0.3, -0.25) is 9.88 Å². The van der Waals surface area contributed by atoms with Crippen LogP contribution < -0.4 is 10.6 Å². The zero-order chi connectivity index (χ0) is 20.6. The van der Waals surface area contributed by atoms with Crippen LogP contribution in [0.2, 0.25) is 0 Å². The van der Waals surface area contributed by atoms with Gasteiger partial charge in [0.05, 0.1) is 12.3 Å². The van der Waals surface area contributed by atoms with Gasteiger partial charge in [0.1, 0.15) is 5.76 Å². The molecule has 3 aromatic rings. The largest absolute Gasteiger partial charge is 0.468 e. The molecule has 0 bridgehead atoms. The van der Waals surface area contributed by atoms with E-state index >= 15 is 0 Å². The maximum Gasteiger partial charge on any atom is 0.319 e. The van der Waals surface area contributed by atoms with E-state index in [0.717, 1.165) is 35.2 Å². The van der Waals surface area contributed by atoms with E-state index in [-0.39, 0.29) is 12.1 Å². The molecule has 0 spiro atoms. The van der Waals surface area contributed by atoms with Gasteiger partial charge < -0.3 is 15.1 Å². The summed E-state index contributed by atoms with van der Waals surface area (Å²) >= 11 is 1.74. The number of carbonyl (C=O) groups excluding carboxylic acids is 1. The smallest absolute Gasteiger partial charge is 0.319 e.